The molecule has 1 fully saturated rings. The molecule has 2 aliphatic carbocycles. The van der Waals surface area contributed by atoms with Crippen molar-refractivity contribution in [2.45, 2.75) is 186 Å². The molecule has 1 unspecified atom stereocenters. The molecule has 1 saturated carbocycles. The number of carbonyl (C=O) groups is 4. The molecule has 0 aromatic carbocycles. The van der Waals surface area contributed by atoms with E-state index in [0.717, 1.165) is 75.6 Å². The first-order valence-corrected chi connectivity index (χ1v) is 17.9. The van der Waals surface area contributed by atoms with Crippen LogP contribution in [0.5, 0.6) is 0 Å². The second-order valence-corrected chi connectivity index (χ2v) is 11.9. The van der Waals surface area contributed by atoms with Crippen LogP contribution in [0.15, 0.2) is 50.1 Å². The van der Waals surface area contributed by atoms with Gasteiger partial charge in [0.1, 0.15) is 24.6 Å². The summed E-state index contributed by atoms with van der Waals surface area (Å²) >= 11 is 0. The molecule has 2 aliphatic rings. The van der Waals surface area contributed by atoms with E-state index in [0.29, 0.717) is 12.2 Å². The van der Waals surface area contributed by atoms with Crippen molar-refractivity contribution >= 4 is 93.8 Å². The number of unbranched alkanes of at least 4 members (excludes halogenated alkanes) is 3. The predicted molar refractivity (Wildman–Crippen MR) is 255 cm³/mol. The van der Waals surface area contributed by atoms with E-state index in [-0.39, 0.29) is 162 Å². The van der Waals surface area contributed by atoms with Gasteiger partial charge in [-0.15, -0.1) is 31.9 Å². The van der Waals surface area contributed by atoms with Gasteiger partial charge in [-0.2, -0.15) is 0 Å². The van der Waals surface area contributed by atoms with Crippen LogP contribution < -0.4 is 56.5 Å². The summed E-state index contributed by atoms with van der Waals surface area (Å²) in [7, 11) is 0. The third kappa shape index (κ3) is 219. The van der Waals surface area contributed by atoms with Crippen LogP contribution in [0.4, 0.5) is 0 Å². The topological polar surface area (TPSA) is 280 Å². The van der Waals surface area contributed by atoms with Crippen LogP contribution in [0, 0.1) is 11.8 Å². The van der Waals surface area contributed by atoms with Gasteiger partial charge in [0.05, 0.1) is 0 Å². The summed E-state index contributed by atoms with van der Waals surface area (Å²) in [5, 5.41) is 10.1. The van der Waals surface area contributed by atoms with Crippen LogP contribution in [0.25, 0.3) is 0 Å². The maximum atomic E-state index is 10.6. The van der Waals surface area contributed by atoms with Gasteiger partial charge in [0.15, 0.2) is 0 Å². The third-order valence-corrected chi connectivity index (χ3v) is 5.27. The molecular weight excluding hydrogens is 792 g/mol. The molecular formula is C42H101KMg3O11. The minimum atomic E-state index is -0.750. The van der Waals surface area contributed by atoms with E-state index in [4.69, 9.17) is 4.79 Å². The van der Waals surface area contributed by atoms with Crippen LogP contribution >= 0.6 is 0 Å². The molecule has 0 bridgehead atoms. The predicted octanol–water partition coefficient (Wildman–Crippen LogP) is 5.46. The van der Waals surface area contributed by atoms with Gasteiger partial charge < -0.3 is 60.9 Å². The van der Waals surface area contributed by atoms with E-state index in [1.807, 2.05) is 6.92 Å². The summed E-state index contributed by atoms with van der Waals surface area (Å²) < 4.78 is 0. The van der Waals surface area contributed by atoms with E-state index in [1.165, 1.54) is 45.4 Å². The Labute approximate surface area is 453 Å². The number of hydrogen-bond donors (Lipinski definition) is 0. The number of carbonyl (C=O) groups excluding carboxylic acids is 4. The molecule has 15 heteroatoms. The zero-order valence-electron chi connectivity index (χ0n) is 46.1. The summed E-state index contributed by atoms with van der Waals surface area (Å²) in [6.45, 7) is 37.5. The summed E-state index contributed by atoms with van der Waals surface area (Å²) in [5.41, 5.74) is 0.836. The fraction of sp³-hybridized carbons (Fsp3) is 0.714. The Morgan fingerprint density at radius 1 is 0.737 bits per heavy atom. The van der Waals surface area contributed by atoms with E-state index in [1.54, 1.807) is 26.3 Å². The van der Waals surface area contributed by atoms with E-state index < -0.39 is 5.60 Å². The first-order chi connectivity index (χ1) is 22.1. The average molecular weight is 894 g/mol. The molecule has 0 aromatic heterocycles. The Morgan fingerprint density at radius 2 is 1.05 bits per heavy atom. The molecule has 0 aromatic rings. The third-order valence-electron chi connectivity index (χ3n) is 5.27. The Morgan fingerprint density at radius 3 is 1.19 bits per heavy atom. The van der Waals surface area contributed by atoms with Gasteiger partial charge in [-0.25, -0.2) is 0 Å². The Kier molecular flexibility index (Phi) is 243. The van der Waals surface area contributed by atoms with E-state index in [2.05, 4.69) is 99.9 Å². The summed E-state index contributed by atoms with van der Waals surface area (Å²) in [4.78, 5) is 38.2. The first-order valence-electron chi connectivity index (χ1n) is 17.9. The Balaban J connectivity index is -0.0000000122. The van der Waals surface area contributed by atoms with Crippen molar-refractivity contribution in [3.05, 3.63) is 50.1 Å². The number of allylic oxidation sites excluding steroid dienone is 4. The van der Waals surface area contributed by atoms with Crippen molar-refractivity contribution in [3.63, 3.8) is 0 Å². The number of aldehydes is 3. The monoisotopic (exact) mass is 893 g/mol. The number of rotatable bonds is 6. The van der Waals surface area contributed by atoms with Crippen molar-refractivity contribution in [1.82, 2.24) is 0 Å². The molecule has 11 nitrogen and oxygen atoms in total. The standard InChI is InChI=1S/C8H14.C7H12O.C6H12.C5H10O.C4H9O.C3H6O.C3H8.C2H4O.2C2H4.K.3Mg.6H2O.6H/c1-7-3-5-8(2)6-4-7;1-6-2-4-7(8)5-3-6;1-3-5-6-4-2;1-2-3-4-5-6;1-4(2,3)5;1-2-3-4;1-3-2;1-2-3;2*1-2;;;;;;;;;;;;;;;;/h3,8H,4-6H2,1-2H3;6H,2-5H2,1H3;3,5H,4,6H2,1-2H3;5H,2-4H2,1H3;1-3H3;3H,2H2,1H3;3H2,1-2H3;2H,1H3;2*1-2H2;;;;;6*1H2;;;;;;/q;;;;-1;;;;;;+1;3*+2;;;;;;;6*-1/b;;5-3+;;;;;;;;;;;;;;;;;;;;;;;. The van der Waals surface area contributed by atoms with Gasteiger partial charge in [-0.3, -0.25) is 4.79 Å². The number of hydrogen-bond acceptors (Lipinski definition) is 8. The number of ketones is 1. The minimum Gasteiger partial charge on any atom is -1.00 e. The zero-order valence-corrected chi connectivity index (χ0v) is 47.4. The van der Waals surface area contributed by atoms with Gasteiger partial charge in [0.25, 0.3) is 0 Å². The van der Waals surface area contributed by atoms with Crippen molar-refractivity contribution in [1.29, 1.82) is 0 Å². The van der Waals surface area contributed by atoms with Crippen LogP contribution in [0.3, 0.4) is 0 Å². The van der Waals surface area contributed by atoms with Crippen LogP contribution in [0.1, 0.15) is 188 Å². The van der Waals surface area contributed by atoms with Gasteiger partial charge in [0, 0.05) is 25.7 Å². The number of Topliss-reactive ketones (excluding diaryl/α,β-unsaturated/α-hetero) is 1. The minimum absolute atomic E-state index is 0. The second-order valence-electron chi connectivity index (χ2n) is 11.9. The van der Waals surface area contributed by atoms with Crippen molar-refractivity contribution < 1.29 is 117 Å². The molecule has 0 spiro atoms. The van der Waals surface area contributed by atoms with E-state index in [9.17, 15) is 19.5 Å². The smallest absolute Gasteiger partial charge is 1.00 e. The largest absolute Gasteiger partial charge is 2.00 e. The molecule has 0 saturated heterocycles. The molecule has 57 heavy (non-hydrogen) atoms. The first kappa shape index (κ1) is 118. The van der Waals surface area contributed by atoms with Crippen molar-refractivity contribution in [2.24, 2.45) is 11.8 Å². The molecule has 0 heterocycles. The SMILES string of the molecule is C/C=C/CCC.C=C.C=C.CC(C)(C)[O-].CC1=CCC(C)CC1.CC1CCC(=O)CC1.CC=O.CCC.CCC=O.CCCCC=O.[H-].[H-].[H-].[H-].[H-].[H-].[K+].[Mg+2].[Mg+2].[Mg+2].[OH-].[OH-].[OH-].[OH3+].[OH3+].[OH3+]. The molecule has 0 aliphatic heterocycles. The van der Waals surface area contributed by atoms with Gasteiger partial charge in [-0.1, -0.05) is 112 Å². The van der Waals surface area contributed by atoms with Crippen molar-refractivity contribution in [3.8, 4) is 0 Å². The molecule has 2 rings (SSSR count). The molecule has 1 atom stereocenters. The maximum absolute atomic E-state index is 10.6. The molecule has 0 amide bonds. The van der Waals surface area contributed by atoms with Gasteiger partial charge in [0.2, 0.25) is 0 Å². The van der Waals surface area contributed by atoms with Crippen LogP contribution in [0.2, 0.25) is 0 Å². The Hall–Kier alpha value is 1.30. The zero-order chi connectivity index (χ0) is 39.0. The molecule has 342 valence electrons. The summed E-state index contributed by atoms with van der Waals surface area (Å²) in [6, 6.07) is 0. The summed E-state index contributed by atoms with van der Waals surface area (Å²) in [5.74, 6) is 2.20. The quantitative estimate of drug-likeness (QED) is 0.108. The summed E-state index contributed by atoms with van der Waals surface area (Å²) in [6.07, 6.45) is 24.5. The van der Waals surface area contributed by atoms with Crippen molar-refractivity contribution in [2.75, 3.05) is 0 Å². The van der Waals surface area contributed by atoms with E-state index >= 15 is 0 Å². The normalized spacial score (nSPS) is 11.6. The van der Waals surface area contributed by atoms with Gasteiger partial charge >= 0.3 is 121 Å². The van der Waals surface area contributed by atoms with Gasteiger partial charge in [-0.05, 0) is 77.6 Å². The second kappa shape index (κ2) is 118. The molecule has 0 radical (unpaired) electrons. The fourth-order valence-electron chi connectivity index (χ4n) is 2.80. The van der Waals surface area contributed by atoms with Crippen LogP contribution in [-0.4, -0.2) is 116 Å². The average Bonchev–Trinajstić information content (AvgIpc) is 3.05. The van der Waals surface area contributed by atoms with Crippen LogP contribution in [-0.2, 0) is 35.6 Å². The maximum Gasteiger partial charge on any atom is 2.00 e. The molecule has 12 N–H and O–H groups in total. The Bertz CT molecular complexity index is 695. The fourth-order valence-corrected chi connectivity index (χ4v) is 2.80.